The molecule has 2 heterocycles. The van der Waals surface area contributed by atoms with E-state index in [1.54, 1.807) is 11.3 Å². The summed E-state index contributed by atoms with van der Waals surface area (Å²) in [5.74, 6) is 0.212. The highest BCUT2D eigenvalue weighted by Gasteiger charge is 2.20. The van der Waals surface area contributed by atoms with Gasteiger partial charge in [0.05, 0.1) is 19.8 Å². The lowest BCUT2D eigenvalue weighted by Crippen LogP contribution is -2.46. The molecule has 0 unspecified atom stereocenters. The molecule has 0 aliphatic carbocycles. The summed E-state index contributed by atoms with van der Waals surface area (Å²) in [5, 5.41) is 2.10. The third-order valence-electron chi connectivity index (χ3n) is 3.58. The lowest BCUT2D eigenvalue weighted by Gasteiger charge is -2.30. The first-order valence-corrected chi connectivity index (χ1v) is 7.63. The van der Waals surface area contributed by atoms with Crippen LogP contribution >= 0.6 is 11.3 Å². The van der Waals surface area contributed by atoms with E-state index in [0.29, 0.717) is 25.8 Å². The molecule has 1 amide bonds. The molecule has 0 spiro atoms. The fourth-order valence-corrected chi connectivity index (χ4v) is 2.98. The molecule has 0 aromatic carbocycles. The molecule has 1 fully saturated rings. The summed E-state index contributed by atoms with van der Waals surface area (Å²) in [4.78, 5) is 17.6. The topological polar surface area (TPSA) is 32.8 Å². The van der Waals surface area contributed by atoms with Crippen LogP contribution in [0.25, 0.3) is 0 Å². The molecule has 106 valence electrons. The largest absolute Gasteiger partial charge is 0.378 e. The van der Waals surface area contributed by atoms with Gasteiger partial charge in [0.15, 0.2) is 0 Å². The van der Waals surface area contributed by atoms with Gasteiger partial charge in [-0.1, -0.05) is 6.07 Å². The maximum Gasteiger partial charge on any atom is 0.236 e. The Morgan fingerprint density at radius 2 is 2.26 bits per heavy atom. The first kappa shape index (κ1) is 14.5. The number of nitrogens with zero attached hydrogens (tertiary/aromatic N) is 2. The van der Waals surface area contributed by atoms with Gasteiger partial charge in [0.25, 0.3) is 0 Å². The zero-order chi connectivity index (χ0) is 13.7. The summed E-state index contributed by atoms with van der Waals surface area (Å²) in [6.07, 6.45) is 1.00. The van der Waals surface area contributed by atoms with E-state index in [9.17, 15) is 4.79 Å². The Balaban J connectivity index is 1.78. The molecular weight excluding hydrogens is 260 g/mol. The highest BCUT2D eigenvalue weighted by molar-refractivity contribution is 7.09. The Bertz CT molecular complexity index is 388. The van der Waals surface area contributed by atoms with E-state index in [1.807, 2.05) is 11.9 Å². The van der Waals surface area contributed by atoms with Crippen molar-refractivity contribution in [3.05, 3.63) is 22.4 Å². The minimum Gasteiger partial charge on any atom is -0.378 e. The predicted octanol–water partition coefficient (Wildman–Crippen LogP) is 1.47. The standard InChI is InChI=1S/C14H22N2O2S/c1-12(10-13-4-3-9-19-13)15(2)11-14(17)16-5-7-18-8-6-16/h3-4,9,12H,5-8,10-11H2,1-2H3/t12-/m0/s1. The Kier molecular flexibility index (Phi) is 5.36. The van der Waals surface area contributed by atoms with E-state index in [1.165, 1.54) is 4.88 Å². The average Bonchev–Trinajstić information content (AvgIpc) is 2.92. The summed E-state index contributed by atoms with van der Waals surface area (Å²) < 4.78 is 5.27. The quantitative estimate of drug-likeness (QED) is 0.820. The summed E-state index contributed by atoms with van der Waals surface area (Å²) in [6.45, 7) is 5.46. The van der Waals surface area contributed by atoms with Crippen LogP contribution in [0.5, 0.6) is 0 Å². The van der Waals surface area contributed by atoms with Crippen molar-refractivity contribution in [2.45, 2.75) is 19.4 Å². The molecular formula is C14H22N2O2S. The zero-order valence-corrected chi connectivity index (χ0v) is 12.5. The molecule has 0 radical (unpaired) electrons. The van der Waals surface area contributed by atoms with Gasteiger partial charge in [-0.2, -0.15) is 0 Å². The molecule has 5 heteroatoms. The lowest BCUT2D eigenvalue weighted by molar-refractivity contribution is -0.136. The van der Waals surface area contributed by atoms with Gasteiger partial charge in [0, 0.05) is 24.0 Å². The van der Waals surface area contributed by atoms with Crippen LogP contribution in [0.2, 0.25) is 0 Å². The summed E-state index contributed by atoms with van der Waals surface area (Å²) in [6, 6.07) is 4.60. The third kappa shape index (κ3) is 4.30. The second-order valence-electron chi connectivity index (χ2n) is 5.04. The molecule has 1 atom stereocenters. The lowest BCUT2D eigenvalue weighted by atomic mass is 10.2. The molecule has 1 aromatic rings. The number of rotatable bonds is 5. The predicted molar refractivity (Wildman–Crippen MR) is 77.5 cm³/mol. The molecule has 0 bridgehead atoms. The molecule has 1 saturated heterocycles. The number of ether oxygens (including phenoxy) is 1. The van der Waals surface area contributed by atoms with Crippen LogP contribution in [0, 0.1) is 0 Å². The number of thiophene rings is 1. The van der Waals surface area contributed by atoms with Gasteiger partial charge in [-0.05, 0) is 31.8 Å². The minimum atomic E-state index is 0.212. The Morgan fingerprint density at radius 1 is 1.53 bits per heavy atom. The maximum atomic E-state index is 12.1. The number of morpholine rings is 1. The summed E-state index contributed by atoms with van der Waals surface area (Å²) in [7, 11) is 2.02. The molecule has 1 aromatic heterocycles. The van der Waals surface area contributed by atoms with Crippen molar-refractivity contribution in [2.75, 3.05) is 39.9 Å². The molecule has 19 heavy (non-hydrogen) atoms. The summed E-state index contributed by atoms with van der Waals surface area (Å²) >= 11 is 1.78. The van der Waals surface area contributed by atoms with E-state index >= 15 is 0 Å². The van der Waals surface area contributed by atoms with E-state index in [-0.39, 0.29) is 5.91 Å². The molecule has 1 aliphatic rings. The van der Waals surface area contributed by atoms with Gasteiger partial charge in [0.1, 0.15) is 0 Å². The molecule has 1 aliphatic heterocycles. The van der Waals surface area contributed by atoms with E-state index < -0.39 is 0 Å². The number of hydrogen-bond donors (Lipinski definition) is 0. The van der Waals surface area contributed by atoms with Crippen LogP contribution in [0.1, 0.15) is 11.8 Å². The van der Waals surface area contributed by atoms with E-state index in [2.05, 4.69) is 29.3 Å². The third-order valence-corrected chi connectivity index (χ3v) is 4.48. The molecule has 0 N–H and O–H groups in total. The number of amides is 1. The van der Waals surface area contributed by atoms with Crippen molar-refractivity contribution in [3.63, 3.8) is 0 Å². The van der Waals surface area contributed by atoms with Crippen molar-refractivity contribution in [1.82, 2.24) is 9.80 Å². The highest BCUT2D eigenvalue weighted by atomic mass is 32.1. The number of hydrogen-bond acceptors (Lipinski definition) is 4. The van der Waals surface area contributed by atoms with E-state index in [4.69, 9.17) is 4.74 Å². The monoisotopic (exact) mass is 282 g/mol. The van der Waals surface area contributed by atoms with Crippen molar-refractivity contribution in [3.8, 4) is 0 Å². The van der Waals surface area contributed by atoms with Crippen LogP contribution < -0.4 is 0 Å². The smallest absolute Gasteiger partial charge is 0.236 e. The van der Waals surface area contributed by atoms with Crippen molar-refractivity contribution < 1.29 is 9.53 Å². The number of likely N-dealkylation sites (N-methyl/N-ethyl adjacent to an activating group) is 1. The first-order valence-electron chi connectivity index (χ1n) is 6.75. The summed E-state index contributed by atoms with van der Waals surface area (Å²) in [5.41, 5.74) is 0. The highest BCUT2D eigenvalue weighted by Crippen LogP contribution is 2.13. The van der Waals surface area contributed by atoms with Gasteiger partial charge in [-0.25, -0.2) is 0 Å². The number of carbonyl (C=O) groups is 1. The second kappa shape index (κ2) is 7.03. The van der Waals surface area contributed by atoms with Gasteiger partial charge in [-0.3, -0.25) is 9.69 Å². The average molecular weight is 282 g/mol. The molecule has 0 saturated carbocycles. The van der Waals surface area contributed by atoms with E-state index in [0.717, 1.165) is 19.5 Å². The van der Waals surface area contributed by atoms with Crippen molar-refractivity contribution in [2.24, 2.45) is 0 Å². The van der Waals surface area contributed by atoms with Crippen molar-refractivity contribution >= 4 is 17.2 Å². The SMILES string of the molecule is C[C@@H](Cc1cccs1)N(C)CC(=O)N1CCOCC1. The van der Waals surface area contributed by atoms with Gasteiger partial charge >= 0.3 is 0 Å². The number of carbonyl (C=O) groups excluding carboxylic acids is 1. The zero-order valence-electron chi connectivity index (χ0n) is 11.7. The Hall–Kier alpha value is -0.910. The fraction of sp³-hybridized carbons (Fsp3) is 0.643. The molecule has 4 nitrogen and oxygen atoms in total. The van der Waals surface area contributed by atoms with Gasteiger partial charge in [0.2, 0.25) is 5.91 Å². The van der Waals surface area contributed by atoms with Gasteiger partial charge < -0.3 is 9.64 Å². The Labute approximate surface area is 119 Å². The van der Waals surface area contributed by atoms with Crippen molar-refractivity contribution in [1.29, 1.82) is 0 Å². The van der Waals surface area contributed by atoms with Crippen LogP contribution in [-0.2, 0) is 16.0 Å². The normalized spacial score (nSPS) is 17.7. The second-order valence-corrected chi connectivity index (χ2v) is 6.07. The molecule has 2 rings (SSSR count). The first-order chi connectivity index (χ1) is 9.16. The minimum absolute atomic E-state index is 0.212. The van der Waals surface area contributed by atoms with Crippen LogP contribution in [0.15, 0.2) is 17.5 Å². The van der Waals surface area contributed by atoms with Crippen LogP contribution in [0.3, 0.4) is 0 Å². The fourth-order valence-electron chi connectivity index (χ4n) is 2.16. The van der Waals surface area contributed by atoms with Crippen LogP contribution in [0.4, 0.5) is 0 Å². The van der Waals surface area contributed by atoms with Crippen LogP contribution in [-0.4, -0.2) is 61.6 Å². The Morgan fingerprint density at radius 3 is 2.89 bits per heavy atom. The maximum absolute atomic E-state index is 12.1. The van der Waals surface area contributed by atoms with Gasteiger partial charge in [-0.15, -0.1) is 11.3 Å².